The Morgan fingerprint density at radius 2 is 1.68 bits per heavy atom. The standard InChI is InChI=1S/C12H21F5N2O3/c1-3-6-4-7(8(20)21-5-22-9(18)19)12(16,17)10(2,13)11(6,14)15/h6-9,20H,3-5,18-19H2,1-2H3. The zero-order valence-electron chi connectivity index (χ0n) is 12.2. The molecule has 0 radical (unpaired) electrons. The summed E-state index contributed by atoms with van der Waals surface area (Å²) in [7, 11) is 0. The zero-order chi connectivity index (χ0) is 17.3. The molecule has 0 spiro atoms. The maximum Gasteiger partial charge on any atom is 0.294 e. The molecule has 5 N–H and O–H groups in total. The highest BCUT2D eigenvalue weighted by molar-refractivity contribution is 5.11. The molecule has 4 unspecified atom stereocenters. The molecule has 0 bridgehead atoms. The first-order chi connectivity index (χ1) is 9.89. The van der Waals surface area contributed by atoms with E-state index in [0.717, 1.165) is 0 Å². The Hall–Kier alpha value is -0.550. The molecule has 0 aromatic carbocycles. The molecule has 1 aliphatic carbocycles. The summed E-state index contributed by atoms with van der Waals surface area (Å²) in [5, 5.41) is 9.66. The van der Waals surface area contributed by atoms with Crippen molar-refractivity contribution in [3.05, 3.63) is 0 Å². The van der Waals surface area contributed by atoms with Crippen LogP contribution in [0.5, 0.6) is 0 Å². The van der Waals surface area contributed by atoms with Crippen LogP contribution in [0.1, 0.15) is 26.7 Å². The minimum atomic E-state index is -4.49. The third kappa shape index (κ3) is 3.21. The quantitative estimate of drug-likeness (QED) is 0.506. The van der Waals surface area contributed by atoms with Gasteiger partial charge >= 0.3 is 0 Å². The van der Waals surface area contributed by atoms with E-state index in [4.69, 9.17) is 11.5 Å². The first kappa shape index (κ1) is 19.5. The molecule has 10 heteroatoms. The van der Waals surface area contributed by atoms with Gasteiger partial charge in [-0.2, -0.15) is 0 Å². The number of ether oxygens (including phenoxy) is 2. The molecule has 132 valence electrons. The molecule has 0 aliphatic heterocycles. The molecular weight excluding hydrogens is 315 g/mol. The normalized spacial score (nSPS) is 35.6. The fourth-order valence-corrected chi connectivity index (χ4v) is 2.58. The van der Waals surface area contributed by atoms with Crippen LogP contribution in [0.4, 0.5) is 22.0 Å². The Morgan fingerprint density at radius 1 is 1.14 bits per heavy atom. The summed E-state index contributed by atoms with van der Waals surface area (Å²) in [4.78, 5) is 0. The van der Waals surface area contributed by atoms with E-state index in [0.29, 0.717) is 0 Å². The van der Waals surface area contributed by atoms with E-state index in [-0.39, 0.29) is 13.3 Å². The summed E-state index contributed by atoms with van der Waals surface area (Å²) < 4.78 is 79.3. The lowest BCUT2D eigenvalue weighted by Gasteiger charge is -2.49. The number of rotatable bonds is 6. The van der Waals surface area contributed by atoms with Gasteiger partial charge in [-0.25, -0.2) is 22.0 Å². The Bertz CT molecular complexity index is 382. The van der Waals surface area contributed by atoms with Gasteiger partial charge in [-0.3, -0.25) is 11.5 Å². The van der Waals surface area contributed by atoms with Crippen LogP contribution < -0.4 is 11.5 Å². The Kier molecular flexibility index (Phi) is 5.78. The molecule has 1 saturated carbocycles. The second-order valence-electron chi connectivity index (χ2n) is 5.50. The first-order valence-corrected chi connectivity index (χ1v) is 6.76. The number of hydrogen-bond donors (Lipinski definition) is 3. The van der Waals surface area contributed by atoms with Gasteiger partial charge in [0.15, 0.2) is 19.4 Å². The van der Waals surface area contributed by atoms with Crippen LogP contribution >= 0.6 is 0 Å². The van der Waals surface area contributed by atoms with Crippen molar-refractivity contribution in [1.29, 1.82) is 0 Å². The number of aliphatic hydroxyl groups is 1. The zero-order valence-corrected chi connectivity index (χ0v) is 12.2. The minimum Gasteiger partial charge on any atom is -0.367 e. The monoisotopic (exact) mass is 336 g/mol. The highest BCUT2D eigenvalue weighted by atomic mass is 19.3. The van der Waals surface area contributed by atoms with Gasteiger partial charge in [0.1, 0.15) is 0 Å². The average Bonchev–Trinajstić information content (AvgIpc) is 2.36. The van der Waals surface area contributed by atoms with E-state index in [2.05, 4.69) is 9.47 Å². The van der Waals surface area contributed by atoms with E-state index < -0.39 is 55.2 Å². The van der Waals surface area contributed by atoms with Crippen molar-refractivity contribution in [2.45, 2.75) is 56.8 Å². The largest absolute Gasteiger partial charge is 0.367 e. The van der Waals surface area contributed by atoms with E-state index in [1.165, 1.54) is 6.92 Å². The van der Waals surface area contributed by atoms with Crippen LogP contribution in [0.15, 0.2) is 0 Å². The van der Waals surface area contributed by atoms with Crippen molar-refractivity contribution < 1.29 is 36.5 Å². The molecular formula is C12H21F5N2O3. The minimum absolute atomic E-state index is 0.140. The highest BCUT2D eigenvalue weighted by Gasteiger charge is 2.75. The summed E-state index contributed by atoms with van der Waals surface area (Å²) in [5.41, 5.74) is 5.93. The highest BCUT2D eigenvalue weighted by Crippen LogP contribution is 2.58. The number of nitrogens with two attached hydrogens (primary N) is 2. The number of alkyl halides is 5. The van der Waals surface area contributed by atoms with Crippen LogP contribution in [0, 0.1) is 11.8 Å². The molecule has 1 aliphatic rings. The van der Waals surface area contributed by atoms with Crippen LogP contribution in [0.25, 0.3) is 0 Å². The lowest BCUT2D eigenvalue weighted by molar-refractivity contribution is -0.341. The second-order valence-corrected chi connectivity index (χ2v) is 5.50. The molecule has 5 nitrogen and oxygen atoms in total. The number of hydrogen-bond acceptors (Lipinski definition) is 5. The van der Waals surface area contributed by atoms with Crippen molar-refractivity contribution in [1.82, 2.24) is 0 Å². The van der Waals surface area contributed by atoms with Crippen LogP contribution in [0.2, 0.25) is 0 Å². The molecule has 0 amide bonds. The van der Waals surface area contributed by atoms with Gasteiger partial charge in [0.05, 0.1) is 5.92 Å². The summed E-state index contributed by atoms with van der Waals surface area (Å²) in [6.07, 6.45) is -4.49. The van der Waals surface area contributed by atoms with Gasteiger partial charge < -0.3 is 14.6 Å². The van der Waals surface area contributed by atoms with E-state index in [1.54, 1.807) is 0 Å². The maximum absolute atomic E-state index is 14.2. The molecule has 0 aromatic rings. The van der Waals surface area contributed by atoms with Crippen LogP contribution in [-0.4, -0.2) is 42.1 Å². The predicted octanol–water partition coefficient (Wildman–Crippen LogP) is 1.54. The van der Waals surface area contributed by atoms with E-state index >= 15 is 0 Å². The molecule has 0 saturated heterocycles. The van der Waals surface area contributed by atoms with Crippen molar-refractivity contribution in [2.24, 2.45) is 23.3 Å². The predicted molar refractivity (Wildman–Crippen MR) is 66.5 cm³/mol. The molecule has 1 fully saturated rings. The van der Waals surface area contributed by atoms with Gasteiger partial charge in [0, 0.05) is 5.92 Å². The topological polar surface area (TPSA) is 90.7 Å². The van der Waals surface area contributed by atoms with Gasteiger partial charge in [-0.1, -0.05) is 6.92 Å². The lowest BCUT2D eigenvalue weighted by Crippen LogP contribution is -2.67. The first-order valence-electron chi connectivity index (χ1n) is 6.76. The molecule has 0 aromatic heterocycles. The molecule has 22 heavy (non-hydrogen) atoms. The van der Waals surface area contributed by atoms with E-state index in [9.17, 15) is 27.1 Å². The molecule has 0 heterocycles. The number of aliphatic hydroxyl groups excluding tert-OH is 1. The third-order valence-corrected chi connectivity index (χ3v) is 4.11. The summed E-state index contributed by atoms with van der Waals surface area (Å²) in [5.74, 6) is -12.5. The van der Waals surface area contributed by atoms with Crippen molar-refractivity contribution in [3.63, 3.8) is 0 Å². The van der Waals surface area contributed by atoms with E-state index in [1.807, 2.05) is 0 Å². The summed E-state index contributed by atoms with van der Waals surface area (Å²) in [6, 6.07) is 0. The Labute approximate surface area is 124 Å². The Morgan fingerprint density at radius 3 is 2.14 bits per heavy atom. The average molecular weight is 336 g/mol. The SMILES string of the molecule is CCC1CC(C(O)OCOC(N)N)C(F)(F)C(C)(F)C1(F)F. The van der Waals surface area contributed by atoms with Gasteiger partial charge in [-0.05, 0) is 19.8 Å². The third-order valence-electron chi connectivity index (χ3n) is 4.11. The maximum atomic E-state index is 14.2. The molecule has 4 atom stereocenters. The summed E-state index contributed by atoms with van der Waals surface area (Å²) in [6.45, 7) is 0.738. The van der Waals surface area contributed by atoms with Crippen molar-refractivity contribution >= 4 is 0 Å². The van der Waals surface area contributed by atoms with Gasteiger partial charge in [0.25, 0.3) is 11.8 Å². The smallest absolute Gasteiger partial charge is 0.294 e. The van der Waals surface area contributed by atoms with Gasteiger partial charge in [0.2, 0.25) is 5.67 Å². The van der Waals surface area contributed by atoms with Gasteiger partial charge in [-0.15, -0.1) is 0 Å². The second kappa shape index (κ2) is 6.52. The number of halogens is 5. The Balaban J connectivity index is 2.95. The van der Waals surface area contributed by atoms with Crippen molar-refractivity contribution in [2.75, 3.05) is 6.79 Å². The molecule has 1 rings (SSSR count). The fraction of sp³-hybridized carbons (Fsp3) is 1.00. The van der Waals surface area contributed by atoms with Crippen molar-refractivity contribution in [3.8, 4) is 0 Å². The lowest BCUT2D eigenvalue weighted by atomic mass is 9.67. The summed E-state index contributed by atoms with van der Waals surface area (Å²) >= 11 is 0. The van der Waals surface area contributed by atoms with Crippen LogP contribution in [0.3, 0.4) is 0 Å². The fourth-order valence-electron chi connectivity index (χ4n) is 2.58. The van der Waals surface area contributed by atoms with Crippen LogP contribution in [-0.2, 0) is 9.47 Å².